The summed E-state index contributed by atoms with van der Waals surface area (Å²) in [5.74, 6) is -1.89. The third-order valence-electron chi connectivity index (χ3n) is 6.37. The number of halogens is 1. The minimum atomic E-state index is -4.44. The lowest BCUT2D eigenvalue weighted by atomic mass is 9.96. The molecule has 0 bridgehead atoms. The Hall–Kier alpha value is -3.39. The van der Waals surface area contributed by atoms with E-state index in [1.54, 1.807) is 43.1 Å². The van der Waals surface area contributed by atoms with E-state index in [1.807, 2.05) is 18.2 Å². The van der Waals surface area contributed by atoms with Crippen LogP contribution in [0.5, 0.6) is 5.75 Å². The lowest BCUT2D eigenvalue weighted by Crippen LogP contribution is -2.47. The molecule has 1 aliphatic rings. The lowest BCUT2D eigenvalue weighted by molar-refractivity contribution is -0.149. The Kier molecular flexibility index (Phi) is 8.83. The van der Waals surface area contributed by atoms with Gasteiger partial charge in [-0.1, -0.05) is 36.4 Å². The normalized spacial score (nSPS) is 24.7. The van der Waals surface area contributed by atoms with Gasteiger partial charge in [0.05, 0.1) is 18.9 Å². The Bertz CT molecular complexity index is 1580. The number of aromatic nitrogens is 2. The molecule has 15 heteroatoms. The standard InChI is InChI=1S/C26H31FN3O10P/c1-14(2)38-23(33)15(3)29-41(36,40-19-11-7-9-16-8-5-6-10-17(16)19)37-13-20-21(31)26(4,35)24(39-20)30-12-18(27)22(32)28-25(30)34/h5-12,14-15,20-21,24,31,35H,13H2,1-4H3,(H,29,36)(H,28,32,34)/t15-,20-,21-,24-,26-,41?/m1/s1. The zero-order valence-corrected chi connectivity index (χ0v) is 23.5. The van der Waals surface area contributed by atoms with Crippen molar-refractivity contribution in [2.24, 2.45) is 0 Å². The second-order valence-corrected chi connectivity index (χ2v) is 11.7. The first-order chi connectivity index (χ1) is 19.2. The van der Waals surface area contributed by atoms with Gasteiger partial charge in [-0.25, -0.2) is 9.36 Å². The molecular weight excluding hydrogens is 564 g/mol. The van der Waals surface area contributed by atoms with Crippen LogP contribution in [0.2, 0.25) is 0 Å². The van der Waals surface area contributed by atoms with Crippen molar-refractivity contribution in [2.45, 2.75) is 63.9 Å². The summed E-state index contributed by atoms with van der Waals surface area (Å²) in [5.41, 5.74) is -4.54. The van der Waals surface area contributed by atoms with Crippen LogP contribution in [0, 0.1) is 5.82 Å². The van der Waals surface area contributed by atoms with E-state index in [0.717, 1.165) is 12.3 Å². The average Bonchev–Trinajstić information content (AvgIpc) is 3.13. The highest BCUT2D eigenvalue weighted by Gasteiger charge is 2.54. The van der Waals surface area contributed by atoms with Gasteiger partial charge in [-0.3, -0.25) is 23.7 Å². The number of aliphatic hydroxyl groups is 2. The molecule has 1 aliphatic heterocycles. The van der Waals surface area contributed by atoms with Gasteiger partial charge in [0.25, 0.3) is 5.56 Å². The molecule has 13 nitrogen and oxygen atoms in total. The number of fused-ring (bicyclic) bond motifs is 1. The first kappa shape index (κ1) is 30.6. The van der Waals surface area contributed by atoms with Crippen molar-refractivity contribution in [1.82, 2.24) is 14.6 Å². The molecule has 1 saturated heterocycles. The van der Waals surface area contributed by atoms with Gasteiger partial charge in [0, 0.05) is 5.39 Å². The Balaban J connectivity index is 1.61. The fraction of sp³-hybridized carbons (Fsp3) is 0.423. The zero-order valence-electron chi connectivity index (χ0n) is 22.6. The molecule has 4 N–H and O–H groups in total. The average molecular weight is 596 g/mol. The second-order valence-electron chi connectivity index (χ2n) is 10.0. The van der Waals surface area contributed by atoms with Crippen LogP contribution in [-0.2, 0) is 23.4 Å². The van der Waals surface area contributed by atoms with Crippen molar-refractivity contribution in [3.05, 3.63) is 75.3 Å². The number of nitrogens with zero attached hydrogens (tertiary/aromatic N) is 1. The van der Waals surface area contributed by atoms with Crippen LogP contribution < -0.4 is 20.9 Å². The summed E-state index contributed by atoms with van der Waals surface area (Å²) in [6.45, 7) is 5.15. The number of carbonyl (C=O) groups is 1. The van der Waals surface area contributed by atoms with Crippen molar-refractivity contribution in [3.63, 3.8) is 0 Å². The number of nitrogens with one attached hydrogen (secondary N) is 2. The number of H-pyrrole nitrogens is 1. The lowest BCUT2D eigenvalue weighted by Gasteiger charge is -2.27. The van der Waals surface area contributed by atoms with Crippen LogP contribution in [-0.4, -0.2) is 62.3 Å². The SMILES string of the molecule is CC(C)OC(=O)[C@@H](C)NP(=O)(OC[C@H]1O[C@@H](n2cc(F)c(=O)[nH]c2=O)[C@](C)(O)[C@@H]1O)Oc1cccc2ccccc12. The fourth-order valence-corrected chi connectivity index (χ4v) is 5.82. The maximum atomic E-state index is 14.0. The molecule has 1 fully saturated rings. The fourth-order valence-electron chi connectivity index (χ4n) is 4.30. The summed E-state index contributed by atoms with van der Waals surface area (Å²) in [7, 11) is -4.44. The van der Waals surface area contributed by atoms with E-state index in [0.29, 0.717) is 16.2 Å². The monoisotopic (exact) mass is 595 g/mol. The summed E-state index contributed by atoms with van der Waals surface area (Å²) in [6.07, 6.45) is -4.72. The number of esters is 1. The van der Waals surface area contributed by atoms with Gasteiger partial charge in [0.15, 0.2) is 6.23 Å². The Morgan fingerprint density at radius 3 is 2.61 bits per heavy atom. The molecule has 222 valence electrons. The summed E-state index contributed by atoms with van der Waals surface area (Å²) in [4.78, 5) is 37.9. The number of ether oxygens (including phenoxy) is 2. The summed E-state index contributed by atoms with van der Waals surface area (Å²) < 4.78 is 50.8. The summed E-state index contributed by atoms with van der Waals surface area (Å²) in [6, 6.07) is 11.0. The van der Waals surface area contributed by atoms with Crippen LogP contribution in [0.3, 0.4) is 0 Å². The number of hydrogen-bond donors (Lipinski definition) is 4. The summed E-state index contributed by atoms with van der Waals surface area (Å²) >= 11 is 0. The van der Waals surface area contributed by atoms with Gasteiger partial charge < -0.3 is 24.2 Å². The van der Waals surface area contributed by atoms with Crippen molar-refractivity contribution in [1.29, 1.82) is 0 Å². The Morgan fingerprint density at radius 1 is 1.22 bits per heavy atom. The van der Waals surface area contributed by atoms with E-state index in [-0.39, 0.29) is 5.75 Å². The minimum absolute atomic E-state index is 0.163. The molecule has 0 radical (unpaired) electrons. The van der Waals surface area contributed by atoms with E-state index < -0.39 is 73.6 Å². The van der Waals surface area contributed by atoms with Gasteiger partial charge >= 0.3 is 19.4 Å². The predicted molar refractivity (Wildman–Crippen MR) is 144 cm³/mol. The third kappa shape index (κ3) is 6.58. The third-order valence-corrected chi connectivity index (χ3v) is 8.00. The molecule has 2 heterocycles. The Labute approximate surface area is 233 Å². The smallest absolute Gasteiger partial charge is 0.459 e. The molecule has 2 aromatic carbocycles. The molecule has 0 amide bonds. The highest BCUT2D eigenvalue weighted by atomic mass is 31.2. The molecule has 0 spiro atoms. The zero-order chi connectivity index (χ0) is 30.1. The highest BCUT2D eigenvalue weighted by Crippen LogP contribution is 2.48. The second kappa shape index (κ2) is 11.8. The minimum Gasteiger partial charge on any atom is -0.462 e. The largest absolute Gasteiger partial charge is 0.462 e. The van der Waals surface area contributed by atoms with Crippen molar-refractivity contribution in [3.8, 4) is 5.75 Å². The number of hydrogen-bond acceptors (Lipinski definition) is 10. The number of rotatable bonds is 10. The van der Waals surface area contributed by atoms with Crippen LogP contribution in [0.25, 0.3) is 10.8 Å². The first-order valence-electron chi connectivity index (χ1n) is 12.7. The molecule has 3 aromatic rings. The number of aliphatic hydroxyl groups excluding tert-OH is 1. The number of benzene rings is 2. The molecule has 1 aromatic heterocycles. The van der Waals surface area contributed by atoms with Crippen molar-refractivity contribution in [2.75, 3.05) is 6.61 Å². The topological polar surface area (TPSA) is 178 Å². The van der Waals surface area contributed by atoms with E-state index >= 15 is 0 Å². The molecule has 6 atom stereocenters. The maximum absolute atomic E-state index is 14.0. The molecular formula is C26H31FN3O10P. The van der Waals surface area contributed by atoms with Crippen LogP contribution in [0.1, 0.15) is 33.9 Å². The van der Waals surface area contributed by atoms with Crippen molar-refractivity contribution < 1.29 is 42.5 Å². The number of carbonyl (C=O) groups excluding carboxylic acids is 1. The summed E-state index contributed by atoms with van der Waals surface area (Å²) in [5, 5.41) is 25.6. The van der Waals surface area contributed by atoms with Gasteiger partial charge in [-0.15, -0.1) is 0 Å². The molecule has 0 aliphatic carbocycles. The van der Waals surface area contributed by atoms with Crippen LogP contribution in [0.4, 0.5) is 4.39 Å². The van der Waals surface area contributed by atoms with Crippen molar-refractivity contribution >= 4 is 24.5 Å². The van der Waals surface area contributed by atoms with Gasteiger partial charge in [0.2, 0.25) is 5.82 Å². The Morgan fingerprint density at radius 2 is 1.90 bits per heavy atom. The first-order valence-corrected chi connectivity index (χ1v) is 14.2. The van der Waals surface area contributed by atoms with E-state index in [9.17, 15) is 33.6 Å². The maximum Gasteiger partial charge on any atom is 0.459 e. The molecule has 0 saturated carbocycles. The van der Waals surface area contributed by atoms with Gasteiger partial charge in [-0.05, 0) is 39.1 Å². The van der Waals surface area contributed by atoms with Crippen LogP contribution in [0.15, 0.2) is 58.3 Å². The predicted octanol–water partition coefficient (Wildman–Crippen LogP) is 1.97. The molecule has 4 rings (SSSR count). The van der Waals surface area contributed by atoms with Gasteiger partial charge in [-0.2, -0.15) is 9.48 Å². The molecule has 41 heavy (non-hydrogen) atoms. The van der Waals surface area contributed by atoms with Gasteiger partial charge in [0.1, 0.15) is 29.6 Å². The van der Waals surface area contributed by atoms with E-state index in [4.69, 9.17) is 18.5 Å². The number of aromatic amines is 1. The highest BCUT2D eigenvalue weighted by molar-refractivity contribution is 7.52. The molecule has 1 unspecified atom stereocenters. The van der Waals surface area contributed by atoms with E-state index in [1.165, 1.54) is 6.92 Å². The quantitative estimate of drug-likeness (QED) is 0.199. The van der Waals surface area contributed by atoms with E-state index in [2.05, 4.69) is 5.09 Å². The van der Waals surface area contributed by atoms with Crippen LogP contribution >= 0.6 is 7.75 Å².